The van der Waals surface area contributed by atoms with Gasteiger partial charge in [-0.3, -0.25) is 23.7 Å². The van der Waals surface area contributed by atoms with Crippen LogP contribution in [0, 0.1) is 5.92 Å². The van der Waals surface area contributed by atoms with Crippen molar-refractivity contribution in [1.29, 1.82) is 0 Å². The number of hydrogen-bond acceptors (Lipinski definition) is 12. The van der Waals surface area contributed by atoms with Crippen LogP contribution in [0.25, 0.3) is 21.9 Å². The van der Waals surface area contributed by atoms with Crippen LogP contribution in [-0.4, -0.2) is 72.3 Å². The number of rotatable bonds is 11. The van der Waals surface area contributed by atoms with Crippen molar-refractivity contribution in [3.63, 3.8) is 0 Å². The van der Waals surface area contributed by atoms with Gasteiger partial charge in [0.1, 0.15) is 35.7 Å². The summed E-state index contributed by atoms with van der Waals surface area (Å²) >= 11 is 0. The topological polar surface area (TPSA) is 213 Å². The van der Waals surface area contributed by atoms with Crippen molar-refractivity contribution >= 4 is 41.6 Å². The van der Waals surface area contributed by atoms with E-state index in [1.807, 2.05) is 24.3 Å². The number of nitrogens with two attached hydrogens (primary N) is 1. The van der Waals surface area contributed by atoms with Crippen LogP contribution >= 0.6 is 7.75 Å². The lowest BCUT2D eigenvalue weighted by molar-refractivity contribution is -0.153. The summed E-state index contributed by atoms with van der Waals surface area (Å²) in [6.07, 6.45) is 1.44. The Balaban J connectivity index is 1.28. The van der Waals surface area contributed by atoms with Crippen molar-refractivity contribution < 1.29 is 38.1 Å². The second-order valence-corrected chi connectivity index (χ2v) is 14.6. The fourth-order valence-electron chi connectivity index (χ4n) is 6.22. The van der Waals surface area contributed by atoms with Crippen molar-refractivity contribution in [2.75, 3.05) is 12.3 Å². The maximum absolute atomic E-state index is 14.7. The second-order valence-electron chi connectivity index (χ2n) is 12.9. The molecule has 258 valence electrons. The van der Waals surface area contributed by atoms with Crippen molar-refractivity contribution in [3.8, 4) is 5.75 Å². The van der Waals surface area contributed by atoms with Gasteiger partial charge in [0, 0.05) is 5.39 Å². The summed E-state index contributed by atoms with van der Waals surface area (Å²) in [4.78, 5) is 36.3. The molecule has 1 saturated heterocycles. The first-order chi connectivity index (χ1) is 22.9. The van der Waals surface area contributed by atoms with E-state index in [2.05, 4.69) is 20.0 Å². The fourth-order valence-corrected chi connectivity index (χ4v) is 7.91. The van der Waals surface area contributed by atoms with Gasteiger partial charge in [0.15, 0.2) is 17.4 Å². The lowest BCUT2D eigenvalue weighted by atomic mass is 9.96. The number of ether oxygens (including phenoxy) is 2. The Morgan fingerprint density at radius 2 is 1.94 bits per heavy atom. The normalized spacial score (nSPS) is 25.3. The number of nitrogens with zero attached hydrogens (tertiary/aromatic N) is 3. The molecule has 1 unspecified atom stereocenters. The van der Waals surface area contributed by atoms with Crippen molar-refractivity contribution in [3.05, 3.63) is 59.1 Å². The zero-order valence-corrected chi connectivity index (χ0v) is 27.8. The second kappa shape index (κ2) is 13.6. The van der Waals surface area contributed by atoms with Crippen LogP contribution in [0.4, 0.5) is 5.95 Å². The molecule has 0 spiro atoms. The number of aliphatic hydroxyl groups is 2. The number of carbonyl (C=O) groups excluding carboxylic acids is 1. The Kier molecular flexibility index (Phi) is 9.62. The Hall–Kier alpha value is -3.85. The first-order valence-corrected chi connectivity index (χ1v) is 17.6. The van der Waals surface area contributed by atoms with Crippen LogP contribution in [0.15, 0.2) is 53.6 Å². The number of aromatic nitrogens is 4. The molecule has 1 aliphatic heterocycles. The monoisotopic (exact) mass is 684 g/mol. The number of nitrogens with one attached hydrogen (secondary N) is 2. The molecule has 0 amide bonds. The van der Waals surface area contributed by atoms with Crippen LogP contribution in [0.1, 0.15) is 59.1 Å². The molecule has 1 saturated carbocycles. The number of fused-ring (bicyclic) bond motifs is 2. The summed E-state index contributed by atoms with van der Waals surface area (Å²) in [6, 6.07) is 11.5. The largest absolute Gasteiger partial charge is 0.461 e. The third-order valence-electron chi connectivity index (χ3n) is 8.89. The van der Waals surface area contributed by atoms with Crippen LogP contribution < -0.4 is 20.9 Å². The molecule has 0 bridgehead atoms. The lowest BCUT2D eigenvalue weighted by Gasteiger charge is -2.30. The van der Waals surface area contributed by atoms with E-state index in [0.717, 1.165) is 37.5 Å². The molecular weight excluding hydrogens is 643 g/mol. The molecule has 16 heteroatoms. The molecule has 2 aromatic carbocycles. The molecule has 1 aliphatic carbocycles. The van der Waals surface area contributed by atoms with E-state index in [9.17, 15) is 24.4 Å². The van der Waals surface area contributed by atoms with Gasteiger partial charge < -0.3 is 29.9 Å². The summed E-state index contributed by atoms with van der Waals surface area (Å²) in [6.45, 7) is 4.38. The van der Waals surface area contributed by atoms with Gasteiger partial charge in [-0.1, -0.05) is 56.7 Å². The minimum atomic E-state index is -4.43. The first kappa shape index (κ1) is 34.0. The van der Waals surface area contributed by atoms with Crippen molar-refractivity contribution in [1.82, 2.24) is 24.6 Å². The highest BCUT2D eigenvalue weighted by Crippen LogP contribution is 2.49. The van der Waals surface area contributed by atoms with E-state index in [-0.39, 0.29) is 34.9 Å². The molecule has 3 heterocycles. The molecule has 4 aromatic rings. The number of hydrogen-bond donors (Lipinski definition) is 5. The summed E-state index contributed by atoms with van der Waals surface area (Å²) in [5.41, 5.74) is 3.18. The number of aromatic amines is 1. The van der Waals surface area contributed by atoms with Crippen LogP contribution in [0.3, 0.4) is 0 Å². The van der Waals surface area contributed by atoms with Crippen LogP contribution in [-0.2, 0) is 23.4 Å². The smallest absolute Gasteiger partial charge is 0.459 e. The molecule has 15 nitrogen and oxygen atoms in total. The number of anilines is 1. The minimum Gasteiger partial charge on any atom is -0.461 e. The Bertz CT molecular complexity index is 1880. The number of imidazole rings is 1. The van der Waals surface area contributed by atoms with E-state index in [1.54, 1.807) is 32.0 Å². The van der Waals surface area contributed by atoms with E-state index >= 15 is 0 Å². The predicted molar refractivity (Wildman–Crippen MR) is 176 cm³/mol. The summed E-state index contributed by atoms with van der Waals surface area (Å²) in [7, 11) is -4.43. The van der Waals surface area contributed by atoms with Crippen molar-refractivity contribution in [2.24, 2.45) is 5.92 Å². The molecule has 2 fully saturated rings. The lowest BCUT2D eigenvalue weighted by Crippen LogP contribution is -2.45. The predicted octanol–water partition coefficient (Wildman–Crippen LogP) is 3.56. The van der Waals surface area contributed by atoms with Gasteiger partial charge in [-0.2, -0.15) is 10.1 Å². The van der Waals surface area contributed by atoms with E-state index in [0.29, 0.717) is 5.39 Å². The van der Waals surface area contributed by atoms with E-state index < -0.39 is 56.0 Å². The highest BCUT2D eigenvalue weighted by atomic mass is 31.2. The number of nitrogen functional groups attached to an aromatic ring is 1. The van der Waals surface area contributed by atoms with Gasteiger partial charge in [0.25, 0.3) is 5.56 Å². The zero-order chi connectivity index (χ0) is 34.2. The average molecular weight is 685 g/mol. The Morgan fingerprint density at radius 3 is 2.69 bits per heavy atom. The maximum atomic E-state index is 14.7. The summed E-state index contributed by atoms with van der Waals surface area (Å²) < 4.78 is 39.9. The Morgan fingerprint density at radius 1 is 1.21 bits per heavy atom. The number of esters is 1. The first-order valence-electron chi connectivity index (χ1n) is 16.0. The molecule has 6 rings (SSSR count). The molecule has 48 heavy (non-hydrogen) atoms. The van der Waals surface area contributed by atoms with Crippen LogP contribution in [0.5, 0.6) is 5.75 Å². The fraction of sp³-hybridized carbons (Fsp3) is 0.500. The minimum absolute atomic E-state index is 0.0261. The van der Waals surface area contributed by atoms with Crippen LogP contribution in [0.2, 0.25) is 0 Å². The standard InChI is InChI=1S/C32H41N6O9P/c1-18(2)24(29(41)45-20-12-5-4-6-13-20)37-48(43,47-22-15-9-11-19-10-7-8-14-21(19)22)44-16-23-26(39)32(3,42)30(46-23)38-17-34-25-27(38)35-31(33)36-28(25)40/h7-11,14-15,17-18,20,23-24,26,30,39,42H,4-6,12-13,16H2,1-3H3,(H,37,43)(H3,33,35,36,40)/t23-,24+,26-,30-,32-,48?/m1/s1. The molecular formula is C32H41N6O9P. The highest BCUT2D eigenvalue weighted by Gasteiger charge is 2.54. The quantitative estimate of drug-likeness (QED) is 0.113. The average Bonchev–Trinajstić information content (AvgIpc) is 3.56. The number of benzene rings is 2. The molecule has 2 aliphatic rings. The van der Waals surface area contributed by atoms with E-state index in [1.165, 1.54) is 17.8 Å². The van der Waals surface area contributed by atoms with Gasteiger partial charge in [-0.05, 0) is 50.0 Å². The maximum Gasteiger partial charge on any atom is 0.459 e. The molecule has 2 aromatic heterocycles. The van der Waals surface area contributed by atoms with Gasteiger partial charge in [0.2, 0.25) is 5.95 Å². The third kappa shape index (κ3) is 6.84. The van der Waals surface area contributed by atoms with Gasteiger partial charge in [0.05, 0.1) is 12.9 Å². The number of H-pyrrole nitrogens is 1. The van der Waals surface area contributed by atoms with Crippen molar-refractivity contribution in [2.45, 2.75) is 89.1 Å². The SMILES string of the molecule is CC(C)[C@H](NP(=O)(OC[C@H]1O[C@@H](n2cnc3c(=O)[nH]c(N)nc32)[C@](C)(O)[C@@H]1O)Oc1cccc2ccccc12)C(=O)OC1CCCCC1. The molecule has 6 N–H and O–H groups in total. The van der Waals surface area contributed by atoms with Gasteiger partial charge in [-0.15, -0.1) is 0 Å². The van der Waals surface area contributed by atoms with E-state index in [4.69, 9.17) is 24.3 Å². The number of aliphatic hydroxyl groups excluding tert-OH is 1. The molecule has 0 radical (unpaired) electrons. The highest BCUT2D eigenvalue weighted by molar-refractivity contribution is 7.52. The molecule has 6 atom stereocenters. The third-order valence-corrected chi connectivity index (χ3v) is 10.4. The zero-order valence-electron chi connectivity index (χ0n) is 26.9. The van der Waals surface area contributed by atoms with Gasteiger partial charge >= 0.3 is 13.7 Å². The summed E-state index contributed by atoms with van der Waals surface area (Å²) in [5.74, 6) is -0.878. The summed E-state index contributed by atoms with van der Waals surface area (Å²) in [5, 5.41) is 26.9. The number of carbonyl (C=O) groups is 1. The van der Waals surface area contributed by atoms with Gasteiger partial charge in [-0.25, -0.2) is 9.55 Å². The Labute approximate surface area is 276 Å².